The molecule has 0 fully saturated rings. The van der Waals surface area contributed by atoms with Crippen LogP contribution in [0.4, 0.5) is 11.4 Å². The van der Waals surface area contributed by atoms with Gasteiger partial charge in [0.05, 0.1) is 17.6 Å². The van der Waals surface area contributed by atoms with Crippen molar-refractivity contribution in [3.8, 4) is 11.5 Å². The first kappa shape index (κ1) is 11.5. The quantitative estimate of drug-likeness (QED) is 0.808. The molecule has 0 aliphatic carbocycles. The van der Waals surface area contributed by atoms with Crippen LogP contribution in [0, 0.1) is 6.92 Å². The van der Waals surface area contributed by atoms with E-state index in [-0.39, 0.29) is 18.5 Å². The number of carbonyl (C=O) groups is 1. The number of furan rings is 1. The van der Waals surface area contributed by atoms with Crippen LogP contribution in [0.5, 0.6) is 11.5 Å². The minimum absolute atomic E-state index is 0.156. The summed E-state index contributed by atoms with van der Waals surface area (Å²) in [5.74, 6) is 1.04. The van der Waals surface area contributed by atoms with Crippen LogP contribution in [-0.2, 0) is 0 Å². The number of ether oxygens (including phenoxy) is 2. The van der Waals surface area contributed by atoms with Crippen LogP contribution in [0.1, 0.15) is 16.1 Å². The Morgan fingerprint density at radius 1 is 1.32 bits per heavy atom. The van der Waals surface area contributed by atoms with E-state index in [0.717, 1.165) is 5.56 Å². The van der Waals surface area contributed by atoms with E-state index in [2.05, 4.69) is 5.32 Å². The molecule has 1 aromatic carbocycles. The van der Waals surface area contributed by atoms with Gasteiger partial charge >= 0.3 is 0 Å². The summed E-state index contributed by atoms with van der Waals surface area (Å²) < 4.78 is 15.6. The van der Waals surface area contributed by atoms with E-state index in [9.17, 15) is 4.79 Å². The lowest BCUT2D eigenvalue weighted by molar-refractivity contribution is 0.0996. The lowest BCUT2D eigenvalue weighted by atomic mass is 10.2. The molecule has 0 radical (unpaired) electrons. The van der Waals surface area contributed by atoms with Gasteiger partial charge in [-0.05, 0) is 13.0 Å². The molecule has 0 bridgehead atoms. The average molecular weight is 260 g/mol. The fraction of sp³-hybridized carbons (Fsp3) is 0.154. The number of benzene rings is 1. The fourth-order valence-electron chi connectivity index (χ4n) is 1.85. The Morgan fingerprint density at radius 2 is 2.05 bits per heavy atom. The highest BCUT2D eigenvalue weighted by Crippen LogP contribution is 2.38. The molecule has 1 aromatic heterocycles. The fourth-order valence-corrected chi connectivity index (χ4v) is 1.85. The Hall–Kier alpha value is -2.63. The maximum absolute atomic E-state index is 12.0. The van der Waals surface area contributed by atoms with Crippen molar-refractivity contribution in [1.82, 2.24) is 0 Å². The van der Waals surface area contributed by atoms with Crippen molar-refractivity contribution in [2.24, 2.45) is 0 Å². The van der Waals surface area contributed by atoms with E-state index in [1.54, 1.807) is 25.1 Å². The van der Waals surface area contributed by atoms with Gasteiger partial charge in [0.25, 0.3) is 5.91 Å². The highest BCUT2D eigenvalue weighted by Gasteiger charge is 2.19. The van der Waals surface area contributed by atoms with Crippen molar-refractivity contribution in [2.45, 2.75) is 6.92 Å². The smallest absolute Gasteiger partial charge is 0.291 e. The van der Waals surface area contributed by atoms with Crippen LogP contribution in [0.3, 0.4) is 0 Å². The van der Waals surface area contributed by atoms with Gasteiger partial charge in [-0.1, -0.05) is 0 Å². The minimum atomic E-state index is -0.354. The molecule has 1 aliphatic rings. The zero-order chi connectivity index (χ0) is 13.4. The summed E-state index contributed by atoms with van der Waals surface area (Å²) >= 11 is 0. The third kappa shape index (κ3) is 1.97. The zero-order valence-electron chi connectivity index (χ0n) is 10.2. The molecule has 1 amide bonds. The topological polar surface area (TPSA) is 86.7 Å². The number of nitrogen functional groups attached to an aromatic ring is 1. The summed E-state index contributed by atoms with van der Waals surface area (Å²) in [5, 5.41) is 2.69. The average Bonchev–Trinajstić information content (AvgIpc) is 2.98. The number of hydrogen-bond acceptors (Lipinski definition) is 5. The van der Waals surface area contributed by atoms with Gasteiger partial charge in [0.2, 0.25) is 6.79 Å². The summed E-state index contributed by atoms with van der Waals surface area (Å²) in [7, 11) is 0. The molecule has 2 heterocycles. The first-order valence-corrected chi connectivity index (χ1v) is 5.69. The molecular formula is C13H12N2O4. The van der Waals surface area contributed by atoms with E-state index in [4.69, 9.17) is 19.6 Å². The van der Waals surface area contributed by atoms with E-state index >= 15 is 0 Å². The van der Waals surface area contributed by atoms with E-state index in [1.807, 2.05) is 0 Å². The van der Waals surface area contributed by atoms with Crippen LogP contribution in [-0.4, -0.2) is 12.7 Å². The molecule has 3 N–H and O–H groups in total. The second-order valence-corrected chi connectivity index (χ2v) is 4.18. The Morgan fingerprint density at radius 3 is 2.74 bits per heavy atom. The normalized spacial score (nSPS) is 12.5. The molecule has 0 saturated heterocycles. The molecule has 2 aromatic rings. The molecular weight excluding hydrogens is 248 g/mol. The monoisotopic (exact) mass is 260 g/mol. The molecule has 0 unspecified atom stereocenters. The summed E-state index contributed by atoms with van der Waals surface area (Å²) in [6, 6.07) is 4.97. The summed E-state index contributed by atoms with van der Waals surface area (Å²) in [4.78, 5) is 12.0. The number of rotatable bonds is 2. The third-order valence-electron chi connectivity index (χ3n) is 2.86. The number of hydrogen-bond donors (Lipinski definition) is 2. The van der Waals surface area contributed by atoms with Gasteiger partial charge in [-0.25, -0.2) is 0 Å². The third-order valence-corrected chi connectivity index (χ3v) is 2.86. The van der Waals surface area contributed by atoms with Crippen molar-refractivity contribution >= 4 is 17.3 Å². The second-order valence-electron chi connectivity index (χ2n) is 4.18. The van der Waals surface area contributed by atoms with Crippen LogP contribution in [0.2, 0.25) is 0 Å². The molecule has 1 aliphatic heterocycles. The summed E-state index contributed by atoms with van der Waals surface area (Å²) in [6.07, 6.45) is 1.47. The Bertz CT molecular complexity index is 648. The lowest BCUT2D eigenvalue weighted by Crippen LogP contribution is -2.13. The van der Waals surface area contributed by atoms with Crippen LogP contribution >= 0.6 is 0 Å². The summed E-state index contributed by atoms with van der Waals surface area (Å²) in [6.45, 7) is 1.95. The molecule has 0 spiro atoms. The predicted octanol–water partition coefficient (Wildman–Crippen LogP) is 2.15. The molecule has 6 heteroatoms. The number of anilines is 2. The van der Waals surface area contributed by atoms with Gasteiger partial charge in [0, 0.05) is 17.7 Å². The van der Waals surface area contributed by atoms with Crippen molar-refractivity contribution in [2.75, 3.05) is 17.8 Å². The Labute approximate surface area is 109 Å². The number of fused-ring (bicyclic) bond motifs is 1. The Balaban J connectivity index is 1.88. The molecule has 6 nitrogen and oxygen atoms in total. The number of nitrogens with two attached hydrogens (primary N) is 1. The van der Waals surface area contributed by atoms with Crippen LogP contribution in [0.25, 0.3) is 0 Å². The van der Waals surface area contributed by atoms with Crippen molar-refractivity contribution < 1.29 is 18.7 Å². The predicted molar refractivity (Wildman–Crippen MR) is 68.4 cm³/mol. The lowest BCUT2D eigenvalue weighted by Gasteiger charge is -2.08. The molecule has 19 heavy (non-hydrogen) atoms. The number of nitrogens with one attached hydrogen (secondary N) is 1. The highest BCUT2D eigenvalue weighted by molar-refractivity contribution is 6.05. The maximum Gasteiger partial charge on any atom is 0.291 e. The van der Waals surface area contributed by atoms with E-state index < -0.39 is 0 Å². The second kappa shape index (κ2) is 4.24. The Kier molecular flexibility index (Phi) is 2.56. The summed E-state index contributed by atoms with van der Waals surface area (Å²) in [5.41, 5.74) is 7.48. The van der Waals surface area contributed by atoms with Gasteiger partial charge < -0.3 is 24.9 Å². The number of amides is 1. The number of aryl methyl sites for hydroxylation is 1. The van der Waals surface area contributed by atoms with Gasteiger partial charge in [-0.2, -0.15) is 0 Å². The zero-order valence-corrected chi connectivity index (χ0v) is 10.2. The first-order valence-electron chi connectivity index (χ1n) is 5.69. The van der Waals surface area contributed by atoms with Crippen LogP contribution in [0.15, 0.2) is 28.9 Å². The largest absolute Gasteiger partial charge is 0.459 e. The van der Waals surface area contributed by atoms with Crippen LogP contribution < -0.4 is 20.5 Å². The SMILES string of the molecule is Cc1ccoc1C(=O)Nc1cc2c(cc1N)OCO2. The van der Waals surface area contributed by atoms with E-state index in [0.29, 0.717) is 22.9 Å². The molecule has 0 atom stereocenters. The maximum atomic E-state index is 12.0. The van der Waals surface area contributed by atoms with Gasteiger partial charge in [-0.15, -0.1) is 0 Å². The van der Waals surface area contributed by atoms with Gasteiger partial charge in [-0.3, -0.25) is 4.79 Å². The first-order chi connectivity index (χ1) is 9.15. The van der Waals surface area contributed by atoms with Crippen molar-refractivity contribution in [3.05, 3.63) is 35.8 Å². The standard InChI is InChI=1S/C13H12N2O4/c1-7-2-3-17-12(7)13(16)15-9-5-11-10(4-8(9)14)18-6-19-11/h2-5H,6,14H2,1H3,(H,15,16). The van der Waals surface area contributed by atoms with Gasteiger partial charge in [0.1, 0.15) is 0 Å². The molecule has 0 saturated carbocycles. The minimum Gasteiger partial charge on any atom is -0.459 e. The molecule has 98 valence electrons. The van der Waals surface area contributed by atoms with Crippen molar-refractivity contribution in [1.29, 1.82) is 0 Å². The van der Waals surface area contributed by atoms with Gasteiger partial charge in [0.15, 0.2) is 17.3 Å². The van der Waals surface area contributed by atoms with Crippen molar-refractivity contribution in [3.63, 3.8) is 0 Å². The van der Waals surface area contributed by atoms with E-state index in [1.165, 1.54) is 6.26 Å². The highest BCUT2D eigenvalue weighted by atomic mass is 16.7. The molecule has 3 rings (SSSR count). The number of carbonyl (C=O) groups excluding carboxylic acids is 1.